The maximum Gasteiger partial charge on any atom is 0.409 e. The number of carbonyl (C=O) groups is 2. The van der Waals surface area contributed by atoms with Crippen molar-refractivity contribution in [1.29, 1.82) is 0 Å². The Bertz CT molecular complexity index is 1200. The summed E-state index contributed by atoms with van der Waals surface area (Å²) >= 11 is 0. The average molecular weight is 490 g/mol. The van der Waals surface area contributed by atoms with Crippen molar-refractivity contribution in [2.24, 2.45) is 0 Å². The maximum atomic E-state index is 13.9. The number of nitrogens with zero attached hydrogens (tertiary/aromatic N) is 4. The van der Waals surface area contributed by atoms with Crippen LogP contribution in [0.2, 0.25) is 0 Å². The number of urea groups is 1. The number of anilines is 1. The van der Waals surface area contributed by atoms with Crippen molar-refractivity contribution >= 4 is 17.8 Å². The third-order valence-corrected chi connectivity index (χ3v) is 7.19. The third-order valence-electron chi connectivity index (χ3n) is 7.19. The smallest absolute Gasteiger partial charge is 0.409 e. The van der Waals surface area contributed by atoms with Crippen molar-refractivity contribution in [2.75, 3.05) is 38.3 Å². The molecule has 36 heavy (non-hydrogen) atoms. The molecule has 2 fully saturated rings. The predicted molar refractivity (Wildman–Crippen MR) is 136 cm³/mol. The van der Waals surface area contributed by atoms with Crippen LogP contribution in [0.3, 0.4) is 0 Å². The summed E-state index contributed by atoms with van der Waals surface area (Å²) in [7, 11) is 1.64. The lowest BCUT2D eigenvalue weighted by molar-refractivity contribution is 0.0553. The van der Waals surface area contributed by atoms with E-state index in [-0.39, 0.29) is 17.7 Å². The third kappa shape index (κ3) is 4.48. The van der Waals surface area contributed by atoms with Gasteiger partial charge in [0.1, 0.15) is 5.75 Å². The molecule has 3 heterocycles. The molecule has 0 atom stereocenters. The molecule has 9 heteroatoms. The van der Waals surface area contributed by atoms with Crippen LogP contribution in [-0.4, -0.2) is 71.0 Å². The number of piperidine rings is 1. The zero-order valence-corrected chi connectivity index (χ0v) is 20.6. The molecular weight excluding hydrogens is 458 g/mol. The number of ether oxygens (including phenoxy) is 2. The largest absolute Gasteiger partial charge is 0.497 e. The van der Waals surface area contributed by atoms with E-state index in [9.17, 15) is 9.59 Å². The second-order valence-corrected chi connectivity index (χ2v) is 9.25. The topological polar surface area (TPSA) is 91.0 Å². The highest BCUT2D eigenvalue weighted by atomic mass is 16.6. The van der Waals surface area contributed by atoms with E-state index in [4.69, 9.17) is 9.47 Å². The molecule has 0 unspecified atom stereocenters. The van der Waals surface area contributed by atoms with Crippen molar-refractivity contribution in [3.8, 4) is 16.9 Å². The Morgan fingerprint density at radius 1 is 1.11 bits per heavy atom. The number of aromatic nitrogens is 2. The molecule has 2 aliphatic rings. The summed E-state index contributed by atoms with van der Waals surface area (Å²) in [5, 5.41) is 6.85. The standard InChI is InChI=1S/C27H31N5O4/c1-3-36-26(34)30-13-11-27(12-14-30)19-31(23-9-7-21(8-10-23)22-16-28-29-17-22)25(33)32(27)18-20-5-4-6-24(15-20)35-2/h4-10,15-17H,3,11-14,18-19H2,1-2H3,(H,28,29). The number of aromatic amines is 1. The average Bonchev–Trinajstić information content (AvgIpc) is 3.53. The van der Waals surface area contributed by atoms with E-state index < -0.39 is 0 Å². The molecule has 2 saturated heterocycles. The molecule has 0 aliphatic carbocycles. The molecule has 2 aliphatic heterocycles. The van der Waals surface area contributed by atoms with Gasteiger partial charge in [0.2, 0.25) is 0 Å². The highest BCUT2D eigenvalue weighted by Crippen LogP contribution is 2.40. The van der Waals surface area contributed by atoms with E-state index in [1.54, 1.807) is 18.2 Å². The molecule has 0 bridgehead atoms. The van der Waals surface area contributed by atoms with E-state index in [0.717, 1.165) is 28.1 Å². The normalized spacial score (nSPS) is 17.1. The van der Waals surface area contributed by atoms with E-state index in [2.05, 4.69) is 10.2 Å². The van der Waals surface area contributed by atoms with Gasteiger partial charge in [-0.25, -0.2) is 9.59 Å². The van der Waals surface area contributed by atoms with Crippen LogP contribution in [0.4, 0.5) is 15.3 Å². The number of nitrogens with one attached hydrogen (secondary N) is 1. The van der Waals surface area contributed by atoms with Gasteiger partial charge in [-0.1, -0.05) is 24.3 Å². The molecule has 188 valence electrons. The SMILES string of the molecule is CCOC(=O)N1CCC2(CC1)CN(c1ccc(-c3cn[nH]c3)cc1)C(=O)N2Cc1cccc(OC)c1. The number of amides is 3. The first kappa shape index (κ1) is 23.7. The number of hydrogen-bond acceptors (Lipinski definition) is 5. The minimum Gasteiger partial charge on any atom is -0.497 e. The molecule has 2 aromatic carbocycles. The molecule has 1 N–H and O–H groups in total. The van der Waals surface area contributed by atoms with Crippen LogP contribution in [0.1, 0.15) is 25.3 Å². The number of methoxy groups -OCH3 is 1. The Morgan fingerprint density at radius 2 is 1.89 bits per heavy atom. The highest BCUT2D eigenvalue weighted by molar-refractivity contribution is 5.95. The van der Waals surface area contributed by atoms with E-state index in [1.807, 2.05) is 71.5 Å². The van der Waals surface area contributed by atoms with Crippen molar-refractivity contribution in [1.82, 2.24) is 20.0 Å². The second-order valence-electron chi connectivity index (χ2n) is 9.25. The fourth-order valence-electron chi connectivity index (χ4n) is 5.18. The lowest BCUT2D eigenvalue weighted by Gasteiger charge is -2.43. The van der Waals surface area contributed by atoms with E-state index in [0.29, 0.717) is 45.6 Å². The molecule has 1 spiro atoms. The van der Waals surface area contributed by atoms with Gasteiger partial charge in [-0.2, -0.15) is 5.10 Å². The Labute approximate surface area is 210 Å². The molecule has 1 aromatic heterocycles. The molecule has 5 rings (SSSR count). The highest BCUT2D eigenvalue weighted by Gasteiger charge is 2.51. The number of H-pyrrole nitrogens is 1. The van der Waals surface area contributed by atoms with Gasteiger partial charge in [0.15, 0.2) is 0 Å². The summed E-state index contributed by atoms with van der Waals surface area (Å²) in [5.41, 5.74) is 3.51. The molecule has 0 saturated carbocycles. The van der Waals surface area contributed by atoms with Gasteiger partial charge in [0.05, 0.1) is 32.0 Å². The zero-order valence-electron chi connectivity index (χ0n) is 20.6. The Hall–Kier alpha value is -4.01. The van der Waals surface area contributed by atoms with Crippen molar-refractivity contribution < 1.29 is 19.1 Å². The number of likely N-dealkylation sites (tertiary alicyclic amines) is 1. The van der Waals surface area contributed by atoms with Crippen LogP contribution in [-0.2, 0) is 11.3 Å². The lowest BCUT2D eigenvalue weighted by atomic mass is 9.86. The summed E-state index contributed by atoms with van der Waals surface area (Å²) < 4.78 is 10.6. The summed E-state index contributed by atoms with van der Waals surface area (Å²) in [6.45, 7) is 4.30. The van der Waals surface area contributed by atoms with Crippen LogP contribution in [0.15, 0.2) is 60.9 Å². The molecule has 9 nitrogen and oxygen atoms in total. The monoisotopic (exact) mass is 489 g/mol. The first-order valence-corrected chi connectivity index (χ1v) is 12.3. The van der Waals surface area contributed by atoms with Crippen LogP contribution in [0.5, 0.6) is 5.75 Å². The second kappa shape index (κ2) is 9.93. The number of rotatable bonds is 6. The van der Waals surface area contributed by atoms with E-state index >= 15 is 0 Å². The zero-order chi connectivity index (χ0) is 25.1. The summed E-state index contributed by atoms with van der Waals surface area (Å²) in [6, 6.07) is 15.8. The molecule has 3 aromatic rings. The van der Waals surface area contributed by atoms with E-state index in [1.165, 1.54) is 0 Å². The fraction of sp³-hybridized carbons (Fsp3) is 0.370. The maximum absolute atomic E-state index is 13.9. The fourth-order valence-corrected chi connectivity index (χ4v) is 5.18. The van der Waals surface area contributed by atoms with Crippen LogP contribution < -0.4 is 9.64 Å². The number of hydrogen-bond donors (Lipinski definition) is 1. The van der Waals surface area contributed by atoms with Crippen LogP contribution in [0.25, 0.3) is 11.1 Å². The summed E-state index contributed by atoms with van der Waals surface area (Å²) in [6.07, 6.45) is 4.70. The van der Waals surface area contributed by atoms with Crippen LogP contribution in [0, 0.1) is 0 Å². The summed E-state index contributed by atoms with van der Waals surface area (Å²) in [4.78, 5) is 31.8. The number of carbonyl (C=O) groups excluding carboxylic acids is 2. The van der Waals surface area contributed by atoms with Gasteiger partial charge >= 0.3 is 12.1 Å². The predicted octanol–water partition coefficient (Wildman–Crippen LogP) is 4.52. The quantitative estimate of drug-likeness (QED) is 0.550. The first-order valence-electron chi connectivity index (χ1n) is 12.3. The summed E-state index contributed by atoms with van der Waals surface area (Å²) in [5.74, 6) is 0.761. The van der Waals surface area contributed by atoms with Gasteiger partial charge < -0.3 is 19.3 Å². The first-order chi connectivity index (χ1) is 17.5. The van der Waals surface area contributed by atoms with Crippen molar-refractivity contribution in [3.63, 3.8) is 0 Å². The molecule has 3 amide bonds. The van der Waals surface area contributed by atoms with Crippen LogP contribution >= 0.6 is 0 Å². The van der Waals surface area contributed by atoms with Crippen molar-refractivity contribution in [2.45, 2.75) is 31.8 Å². The Kier molecular flexibility index (Phi) is 6.54. The van der Waals surface area contributed by atoms with Gasteiger partial charge in [0.25, 0.3) is 0 Å². The Morgan fingerprint density at radius 3 is 2.56 bits per heavy atom. The van der Waals surface area contributed by atoms with Gasteiger partial charge in [-0.3, -0.25) is 10.00 Å². The minimum atomic E-state index is -0.383. The number of benzene rings is 2. The van der Waals surface area contributed by atoms with Gasteiger partial charge in [-0.15, -0.1) is 0 Å². The molecular formula is C27H31N5O4. The minimum absolute atomic E-state index is 0.0292. The van der Waals surface area contributed by atoms with Gasteiger partial charge in [0, 0.05) is 37.1 Å². The lowest BCUT2D eigenvalue weighted by Crippen LogP contribution is -2.55. The Balaban J connectivity index is 1.42. The van der Waals surface area contributed by atoms with Crippen molar-refractivity contribution in [3.05, 3.63) is 66.5 Å². The molecule has 0 radical (unpaired) electrons. The van der Waals surface area contributed by atoms with Gasteiger partial charge in [-0.05, 0) is 55.2 Å².